The SMILES string of the molecule is CCCNC(CN(C)CCCOC)c1ccc(C)c(C)c1. The Kier molecular flexibility index (Phi) is 8.58. The van der Waals surface area contributed by atoms with Gasteiger partial charge in [0.2, 0.25) is 0 Å². The molecule has 0 saturated heterocycles. The first-order chi connectivity index (χ1) is 10.1. The van der Waals surface area contributed by atoms with E-state index in [2.05, 4.69) is 56.2 Å². The second-order valence-electron chi connectivity index (χ2n) is 5.96. The largest absolute Gasteiger partial charge is 0.385 e. The molecule has 1 aromatic rings. The van der Waals surface area contributed by atoms with Gasteiger partial charge < -0.3 is 15.0 Å². The van der Waals surface area contributed by atoms with E-state index in [0.29, 0.717) is 6.04 Å². The number of nitrogens with one attached hydrogen (secondary N) is 1. The lowest BCUT2D eigenvalue weighted by atomic mass is 10.0. The van der Waals surface area contributed by atoms with E-state index in [1.165, 1.54) is 16.7 Å². The van der Waals surface area contributed by atoms with Crippen LogP contribution in [0.5, 0.6) is 0 Å². The number of likely N-dealkylation sites (N-methyl/N-ethyl adjacent to an activating group) is 1. The van der Waals surface area contributed by atoms with Crippen LogP contribution in [0.3, 0.4) is 0 Å². The normalized spacial score (nSPS) is 12.9. The van der Waals surface area contributed by atoms with Gasteiger partial charge in [-0.1, -0.05) is 25.1 Å². The maximum Gasteiger partial charge on any atom is 0.0474 e. The molecule has 0 aliphatic heterocycles. The van der Waals surface area contributed by atoms with Crippen LogP contribution in [0.25, 0.3) is 0 Å². The van der Waals surface area contributed by atoms with E-state index in [4.69, 9.17) is 4.74 Å². The standard InChI is InChI=1S/C18H32N2O/c1-6-10-19-18(14-20(4)11-7-12-21-5)17-9-8-15(2)16(3)13-17/h8-9,13,18-19H,6-7,10-12,14H2,1-5H3. The molecule has 120 valence electrons. The predicted octanol–water partition coefficient (Wildman–Crippen LogP) is 3.31. The van der Waals surface area contributed by atoms with E-state index in [9.17, 15) is 0 Å². The first-order valence-corrected chi connectivity index (χ1v) is 8.06. The van der Waals surface area contributed by atoms with Crippen molar-refractivity contribution in [1.82, 2.24) is 10.2 Å². The minimum Gasteiger partial charge on any atom is -0.385 e. The van der Waals surface area contributed by atoms with Crippen LogP contribution in [-0.4, -0.2) is 45.3 Å². The van der Waals surface area contributed by atoms with Gasteiger partial charge in [0.05, 0.1) is 0 Å². The van der Waals surface area contributed by atoms with Crippen LogP contribution in [0, 0.1) is 13.8 Å². The van der Waals surface area contributed by atoms with Crippen molar-refractivity contribution in [3.63, 3.8) is 0 Å². The second-order valence-corrected chi connectivity index (χ2v) is 5.96. The topological polar surface area (TPSA) is 24.5 Å². The highest BCUT2D eigenvalue weighted by Gasteiger charge is 2.13. The zero-order chi connectivity index (χ0) is 15.7. The Bertz CT molecular complexity index is 406. The van der Waals surface area contributed by atoms with Gasteiger partial charge in [0, 0.05) is 32.8 Å². The Morgan fingerprint density at radius 2 is 2.00 bits per heavy atom. The van der Waals surface area contributed by atoms with Crippen molar-refractivity contribution in [2.45, 2.75) is 39.7 Å². The van der Waals surface area contributed by atoms with Gasteiger partial charge in [0.1, 0.15) is 0 Å². The smallest absolute Gasteiger partial charge is 0.0474 e. The lowest BCUT2D eigenvalue weighted by molar-refractivity contribution is 0.176. The van der Waals surface area contributed by atoms with E-state index in [-0.39, 0.29) is 0 Å². The molecular formula is C18H32N2O. The summed E-state index contributed by atoms with van der Waals surface area (Å²) < 4.78 is 5.13. The van der Waals surface area contributed by atoms with Gasteiger partial charge in [-0.2, -0.15) is 0 Å². The summed E-state index contributed by atoms with van der Waals surface area (Å²) in [4.78, 5) is 2.39. The Balaban J connectivity index is 2.67. The molecule has 0 amide bonds. The number of ether oxygens (including phenoxy) is 1. The molecule has 0 aliphatic carbocycles. The van der Waals surface area contributed by atoms with E-state index in [1.807, 2.05) is 0 Å². The van der Waals surface area contributed by atoms with E-state index in [0.717, 1.165) is 39.1 Å². The Hall–Kier alpha value is -0.900. The molecule has 0 aliphatic rings. The third kappa shape index (κ3) is 6.60. The number of benzene rings is 1. The zero-order valence-electron chi connectivity index (χ0n) is 14.4. The minimum atomic E-state index is 0.400. The molecule has 0 fully saturated rings. The molecule has 1 N–H and O–H groups in total. The number of rotatable bonds is 10. The second kappa shape index (κ2) is 9.93. The van der Waals surface area contributed by atoms with E-state index < -0.39 is 0 Å². The van der Waals surface area contributed by atoms with Crippen LogP contribution >= 0.6 is 0 Å². The van der Waals surface area contributed by atoms with Gasteiger partial charge in [-0.15, -0.1) is 0 Å². The summed E-state index contributed by atoms with van der Waals surface area (Å²) in [7, 11) is 3.96. The summed E-state index contributed by atoms with van der Waals surface area (Å²) in [6, 6.07) is 7.22. The van der Waals surface area contributed by atoms with Crippen LogP contribution in [0.4, 0.5) is 0 Å². The third-order valence-electron chi connectivity index (χ3n) is 3.96. The van der Waals surface area contributed by atoms with E-state index in [1.54, 1.807) is 7.11 Å². The zero-order valence-corrected chi connectivity index (χ0v) is 14.4. The van der Waals surface area contributed by atoms with Gasteiger partial charge in [-0.3, -0.25) is 0 Å². The molecule has 0 spiro atoms. The Labute approximate surface area is 130 Å². The number of methoxy groups -OCH3 is 1. The molecule has 0 bridgehead atoms. The quantitative estimate of drug-likeness (QED) is 0.670. The van der Waals surface area contributed by atoms with Crippen molar-refractivity contribution in [1.29, 1.82) is 0 Å². The van der Waals surface area contributed by atoms with E-state index >= 15 is 0 Å². The minimum absolute atomic E-state index is 0.400. The molecule has 1 aromatic carbocycles. The molecule has 0 saturated carbocycles. The summed E-state index contributed by atoms with van der Waals surface area (Å²) >= 11 is 0. The molecule has 3 nitrogen and oxygen atoms in total. The van der Waals surface area contributed by atoms with Crippen molar-refractivity contribution in [3.05, 3.63) is 34.9 Å². The van der Waals surface area contributed by atoms with Crippen LogP contribution in [0.2, 0.25) is 0 Å². The van der Waals surface area contributed by atoms with Crippen LogP contribution < -0.4 is 5.32 Å². The molecule has 1 rings (SSSR count). The van der Waals surface area contributed by atoms with Crippen molar-refractivity contribution in [2.75, 3.05) is 40.4 Å². The summed E-state index contributed by atoms with van der Waals surface area (Å²) in [5.74, 6) is 0. The highest BCUT2D eigenvalue weighted by molar-refractivity contribution is 5.31. The number of nitrogens with zero attached hydrogens (tertiary/aromatic N) is 1. The lowest BCUT2D eigenvalue weighted by Gasteiger charge is -2.26. The maximum absolute atomic E-state index is 5.13. The average Bonchev–Trinajstić information content (AvgIpc) is 2.46. The summed E-state index contributed by atoms with van der Waals surface area (Å²) in [6.45, 7) is 10.6. The summed E-state index contributed by atoms with van der Waals surface area (Å²) in [5, 5.41) is 3.68. The summed E-state index contributed by atoms with van der Waals surface area (Å²) in [5.41, 5.74) is 4.13. The number of hydrogen-bond acceptors (Lipinski definition) is 3. The molecule has 0 radical (unpaired) electrons. The van der Waals surface area contributed by atoms with Gasteiger partial charge >= 0.3 is 0 Å². The summed E-state index contributed by atoms with van der Waals surface area (Å²) in [6.07, 6.45) is 2.25. The highest BCUT2D eigenvalue weighted by atomic mass is 16.5. The van der Waals surface area contributed by atoms with Crippen molar-refractivity contribution >= 4 is 0 Å². The third-order valence-corrected chi connectivity index (χ3v) is 3.96. The van der Waals surface area contributed by atoms with Crippen LogP contribution in [0.15, 0.2) is 18.2 Å². The van der Waals surface area contributed by atoms with Crippen molar-refractivity contribution < 1.29 is 4.74 Å². The highest BCUT2D eigenvalue weighted by Crippen LogP contribution is 2.18. The fourth-order valence-electron chi connectivity index (χ4n) is 2.47. The molecule has 0 heterocycles. The van der Waals surface area contributed by atoms with Gasteiger partial charge in [0.15, 0.2) is 0 Å². The fourth-order valence-corrected chi connectivity index (χ4v) is 2.47. The first kappa shape index (κ1) is 18.1. The molecule has 1 atom stereocenters. The number of hydrogen-bond donors (Lipinski definition) is 1. The monoisotopic (exact) mass is 292 g/mol. The molecular weight excluding hydrogens is 260 g/mol. The average molecular weight is 292 g/mol. The van der Waals surface area contributed by atoms with Crippen LogP contribution in [0.1, 0.15) is 42.5 Å². The van der Waals surface area contributed by atoms with Crippen molar-refractivity contribution in [2.24, 2.45) is 0 Å². The Morgan fingerprint density at radius 1 is 1.24 bits per heavy atom. The van der Waals surface area contributed by atoms with Crippen molar-refractivity contribution in [3.8, 4) is 0 Å². The van der Waals surface area contributed by atoms with Crippen LogP contribution in [-0.2, 0) is 4.74 Å². The molecule has 0 aromatic heterocycles. The molecule has 3 heteroatoms. The Morgan fingerprint density at radius 3 is 2.62 bits per heavy atom. The van der Waals surface area contributed by atoms with Gasteiger partial charge in [-0.25, -0.2) is 0 Å². The first-order valence-electron chi connectivity index (χ1n) is 8.06. The predicted molar refractivity (Wildman–Crippen MR) is 90.9 cm³/mol. The van der Waals surface area contributed by atoms with Gasteiger partial charge in [-0.05, 0) is 57.0 Å². The lowest BCUT2D eigenvalue weighted by Crippen LogP contribution is -2.34. The molecule has 21 heavy (non-hydrogen) atoms. The fraction of sp³-hybridized carbons (Fsp3) is 0.667. The molecule has 1 unspecified atom stereocenters. The van der Waals surface area contributed by atoms with Gasteiger partial charge in [0.25, 0.3) is 0 Å². The maximum atomic E-state index is 5.13. The number of aryl methyl sites for hydroxylation is 2.